The van der Waals surface area contributed by atoms with Crippen LogP contribution < -0.4 is 15.2 Å². The van der Waals surface area contributed by atoms with Gasteiger partial charge in [-0.2, -0.15) is 13.2 Å². The zero-order chi connectivity index (χ0) is 20.9. The second kappa shape index (κ2) is 9.19. The number of benzene rings is 2. The van der Waals surface area contributed by atoms with E-state index in [1.807, 2.05) is 0 Å². The Morgan fingerprint density at radius 3 is 2.45 bits per heavy atom. The maximum atomic E-state index is 13.1. The molecule has 0 saturated carbocycles. The smallest absolute Gasteiger partial charge is 0.416 e. The zero-order valence-electron chi connectivity index (χ0n) is 15.5. The highest BCUT2D eigenvalue weighted by Crippen LogP contribution is 2.32. The molecule has 0 bridgehead atoms. The second-order valence-electron chi connectivity index (χ2n) is 5.88. The predicted molar refractivity (Wildman–Crippen MR) is 103 cm³/mol. The van der Waals surface area contributed by atoms with E-state index < -0.39 is 11.7 Å². The number of nitrogens with zero attached hydrogens (tertiary/aromatic N) is 3. The molecule has 0 atom stereocenters. The van der Waals surface area contributed by atoms with Crippen molar-refractivity contribution >= 4 is 11.8 Å². The van der Waals surface area contributed by atoms with Crippen LogP contribution in [0.1, 0.15) is 11.4 Å². The zero-order valence-corrected chi connectivity index (χ0v) is 16.3. The Bertz CT molecular complexity index is 945. The molecule has 10 heteroatoms. The van der Waals surface area contributed by atoms with Gasteiger partial charge in [0.05, 0.1) is 18.4 Å². The average molecular weight is 424 g/mol. The summed E-state index contributed by atoms with van der Waals surface area (Å²) in [5.41, 5.74) is 5.10. The summed E-state index contributed by atoms with van der Waals surface area (Å²) in [6.45, 7) is 0.427. The maximum absolute atomic E-state index is 13.1. The SMILES string of the molecule is COc1ccc(OCc2nnc(SCCN)n2-c2cccc(C(F)(F)F)c2)cc1. The first kappa shape index (κ1) is 21.0. The molecule has 0 amide bonds. The molecule has 0 spiro atoms. The van der Waals surface area contributed by atoms with Crippen LogP contribution in [0.25, 0.3) is 5.69 Å². The molecule has 0 fully saturated rings. The molecule has 154 valence electrons. The molecular formula is C19H19F3N4O2S. The number of nitrogens with two attached hydrogens (primary N) is 1. The first-order chi connectivity index (χ1) is 13.9. The summed E-state index contributed by atoms with van der Waals surface area (Å²) in [5, 5.41) is 8.65. The third-order valence-electron chi connectivity index (χ3n) is 3.91. The molecule has 0 aliphatic heterocycles. The second-order valence-corrected chi connectivity index (χ2v) is 6.95. The van der Waals surface area contributed by atoms with Gasteiger partial charge < -0.3 is 15.2 Å². The molecule has 2 aromatic carbocycles. The molecule has 0 aliphatic rings. The number of hydrogen-bond acceptors (Lipinski definition) is 6. The van der Waals surface area contributed by atoms with E-state index in [1.54, 1.807) is 42.0 Å². The van der Waals surface area contributed by atoms with E-state index in [9.17, 15) is 13.2 Å². The highest BCUT2D eigenvalue weighted by atomic mass is 32.2. The summed E-state index contributed by atoms with van der Waals surface area (Å²) >= 11 is 1.31. The minimum absolute atomic E-state index is 0.0265. The minimum atomic E-state index is -4.45. The Hall–Kier alpha value is -2.72. The number of alkyl halides is 3. The van der Waals surface area contributed by atoms with Crippen LogP contribution in [0.15, 0.2) is 53.7 Å². The molecule has 1 aromatic heterocycles. The molecule has 6 nitrogen and oxygen atoms in total. The van der Waals surface area contributed by atoms with Gasteiger partial charge in [-0.25, -0.2) is 0 Å². The van der Waals surface area contributed by atoms with Crippen LogP contribution in [0, 0.1) is 0 Å². The van der Waals surface area contributed by atoms with Crippen molar-refractivity contribution in [3.63, 3.8) is 0 Å². The van der Waals surface area contributed by atoms with Crippen molar-refractivity contribution in [1.82, 2.24) is 14.8 Å². The maximum Gasteiger partial charge on any atom is 0.416 e. The lowest BCUT2D eigenvalue weighted by Crippen LogP contribution is -2.10. The van der Waals surface area contributed by atoms with Crippen LogP contribution in [0.5, 0.6) is 11.5 Å². The van der Waals surface area contributed by atoms with Gasteiger partial charge in [0.15, 0.2) is 11.0 Å². The van der Waals surface area contributed by atoms with Gasteiger partial charge in [-0.1, -0.05) is 17.8 Å². The first-order valence-corrected chi connectivity index (χ1v) is 9.62. The standard InChI is InChI=1S/C19H19F3N4O2S/c1-27-15-5-7-16(8-6-15)28-12-17-24-25-18(29-10-9-23)26(17)14-4-2-3-13(11-14)19(20,21)22/h2-8,11H,9-10,12,23H2,1H3. The number of aromatic nitrogens is 3. The average Bonchev–Trinajstić information content (AvgIpc) is 3.13. The molecule has 0 aliphatic carbocycles. The fraction of sp³-hybridized carbons (Fsp3) is 0.263. The Morgan fingerprint density at radius 1 is 1.07 bits per heavy atom. The monoisotopic (exact) mass is 424 g/mol. The first-order valence-electron chi connectivity index (χ1n) is 8.64. The third-order valence-corrected chi connectivity index (χ3v) is 4.87. The van der Waals surface area contributed by atoms with Crippen molar-refractivity contribution in [2.24, 2.45) is 5.73 Å². The fourth-order valence-electron chi connectivity index (χ4n) is 2.54. The van der Waals surface area contributed by atoms with Crippen molar-refractivity contribution in [3.8, 4) is 17.2 Å². The van der Waals surface area contributed by atoms with Gasteiger partial charge in [-0.3, -0.25) is 4.57 Å². The summed E-state index contributed by atoms with van der Waals surface area (Å²) in [7, 11) is 1.56. The quantitative estimate of drug-likeness (QED) is 0.553. The van der Waals surface area contributed by atoms with E-state index >= 15 is 0 Å². The minimum Gasteiger partial charge on any atom is -0.497 e. The number of rotatable bonds is 8. The van der Waals surface area contributed by atoms with Gasteiger partial charge >= 0.3 is 6.18 Å². The van der Waals surface area contributed by atoms with Crippen LogP contribution in [-0.2, 0) is 12.8 Å². The molecule has 29 heavy (non-hydrogen) atoms. The van der Waals surface area contributed by atoms with Crippen molar-refractivity contribution in [2.75, 3.05) is 19.4 Å². The summed E-state index contributed by atoms with van der Waals surface area (Å²) < 4.78 is 51.8. The molecule has 2 N–H and O–H groups in total. The largest absolute Gasteiger partial charge is 0.497 e. The Balaban J connectivity index is 1.90. The Morgan fingerprint density at radius 2 is 1.79 bits per heavy atom. The lowest BCUT2D eigenvalue weighted by atomic mass is 10.2. The number of ether oxygens (including phenoxy) is 2. The van der Waals surface area contributed by atoms with Gasteiger partial charge in [-0.05, 0) is 42.5 Å². The lowest BCUT2D eigenvalue weighted by molar-refractivity contribution is -0.137. The van der Waals surface area contributed by atoms with Crippen LogP contribution in [0.4, 0.5) is 13.2 Å². The van der Waals surface area contributed by atoms with E-state index in [4.69, 9.17) is 15.2 Å². The summed E-state index contributed by atoms with van der Waals surface area (Å²) in [6, 6.07) is 12.0. The topological polar surface area (TPSA) is 75.2 Å². The van der Waals surface area contributed by atoms with E-state index in [0.717, 1.165) is 12.1 Å². The van der Waals surface area contributed by atoms with Crippen LogP contribution in [-0.4, -0.2) is 34.2 Å². The number of hydrogen-bond donors (Lipinski definition) is 1. The van der Waals surface area contributed by atoms with Gasteiger partial charge in [-0.15, -0.1) is 10.2 Å². The van der Waals surface area contributed by atoms with Gasteiger partial charge in [0, 0.05) is 12.3 Å². The molecule has 0 saturated heterocycles. The molecule has 1 heterocycles. The molecule has 3 aromatic rings. The Kier molecular flexibility index (Phi) is 6.65. The van der Waals surface area contributed by atoms with Crippen molar-refractivity contribution in [1.29, 1.82) is 0 Å². The summed E-state index contributed by atoms with van der Waals surface area (Å²) in [4.78, 5) is 0. The number of halogens is 3. The third kappa shape index (κ3) is 5.21. The van der Waals surface area contributed by atoms with Gasteiger partial charge in [0.2, 0.25) is 0 Å². The molecular weight excluding hydrogens is 405 g/mol. The van der Waals surface area contributed by atoms with E-state index in [0.29, 0.717) is 40.5 Å². The highest BCUT2D eigenvalue weighted by Gasteiger charge is 2.31. The van der Waals surface area contributed by atoms with Crippen LogP contribution in [0.3, 0.4) is 0 Å². The Labute approximate surface area is 169 Å². The normalized spacial score (nSPS) is 11.5. The number of thioether (sulfide) groups is 1. The predicted octanol–water partition coefficient (Wildman–Crippen LogP) is 3.92. The molecule has 0 radical (unpaired) electrons. The lowest BCUT2D eigenvalue weighted by Gasteiger charge is -2.13. The van der Waals surface area contributed by atoms with Gasteiger partial charge in [0.25, 0.3) is 0 Å². The van der Waals surface area contributed by atoms with Gasteiger partial charge in [0.1, 0.15) is 18.1 Å². The highest BCUT2D eigenvalue weighted by molar-refractivity contribution is 7.99. The summed E-state index contributed by atoms with van der Waals surface area (Å²) in [6.07, 6.45) is -4.45. The fourth-order valence-corrected chi connectivity index (χ4v) is 3.28. The summed E-state index contributed by atoms with van der Waals surface area (Å²) in [5.74, 6) is 2.18. The van der Waals surface area contributed by atoms with Crippen molar-refractivity contribution < 1.29 is 22.6 Å². The molecule has 0 unspecified atom stereocenters. The van der Waals surface area contributed by atoms with E-state index in [1.165, 1.54) is 17.8 Å². The van der Waals surface area contributed by atoms with Crippen LogP contribution in [0.2, 0.25) is 0 Å². The van der Waals surface area contributed by atoms with Crippen molar-refractivity contribution in [3.05, 3.63) is 59.9 Å². The van der Waals surface area contributed by atoms with E-state index in [-0.39, 0.29) is 6.61 Å². The molecule has 3 rings (SSSR count). The van der Waals surface area contributed by atoms with Crippen molar-refractivity contribution in [2.45, 2.75) is 17.9 Å². The van der Waals surface area contributed by atoms with E-state index in [2.05, 4.69) is 10.2 Å². The van der Waals surface area contributed by atoms with Crippen LogP contribution >= 0.6 is 11.8 Å². The number of methoxy groups -OCH3 is 1.